The molecule has 0 aromatic rings. The Bertz CT molecular complexity index is 233. The quantitative estimate of drug-likeness (QED) is 0.514. The van der Waals surface area contributed by atoms with E-state index in [-0.39, 0.29) is 0 Å². The minimum atomic E-state index is 0.942. The summed E-state index contributed by atoms with van der Waals surface area (Å²) in [4.78, 5) is 2.11. The Labute approximate surface area is 61.7 Å². The Morgan fingerprint density at radius 3 is 2.80 bits per heavy atom. The van der Waals surface area contributed by atoms with E-state index >= 15 is 0 Å². The van der Waals surface area contributed by atoms with Gasteiger partial charge < -0.3 is 4.90 Å². The molecule has 1 aliphatic carbocycles. The molecule has 0 fully saturated rings. The van der Waals surface area contributed by atoms with Crippen LogP contribution < -0.4 is 0 Å². The molecule has 0 aromatic heterocycles. The monoisotopic (exact) mass is 133 g/mol. The van der Waals surface area contributed by atoms with Gasteiger partial charge in [0.2, 0.25) is 0 Å². The van der Waals surface area contributed by atoms with Gasteiger partial charge in [0.05, 0.1) is 0 Å². The molecule has 0 aromatic carbocycles. The van der Waals surface area contributed by atoms with Crippen LogP contribution in [0.15, 0.2) is 35.3 Å². The molecule has 1 heteroatoms. The van der Waals surface area contributed by atoms with Gasteiger partial charge in [-0.1, -0.05) is 17.5 Å². The van der Waals surface area contributed by atoms with E-state index in [1.807, 2.05) is 26.2 Å². The maximum Gasteiger partial charge on any atom is 0.0307 e. The third kappa shape index (κ3) is 2.08. The standard InChI is InChI=1S/C9H11N/c1-10(2)8-9-6-4-3-5-7-9/h3-4,6H,8H2,1-2H3. The second kappa shape index (κ2) is 3.24. The number of likely N-dealkylation sites (N-methyl/N-ethyl adjacent to an activating group) is 1. The van der Waals surface area contributed by atoms with Crippen LogP contribution in [0.25, 0.3) is 0 Å². The van der Waals surface area contributed by atoms with Crippen LogP contribution in [0.5, 0.6) is 0 Å². The Morgan fingerprint density at radius 1 is 1.50 bits per heavy atom. The van der Waals surface area contributed by atoms with Crippen LogP contribution in [0.3, 0.4) is 0 Å². The highest BCUT2D eigenvalue weighted by atomic mass is 15.0. The molecule has 0 spiro atoms. The summed E-state index contributed by atoms with van der Waals surface area (Å²) < 4.78 is 0. The number of hydrogen-bond donors (Lipinski definition) is 0. The van der Waals surface area contributed by atoms with E-state index in [2.05, 4.69) is 22.4 Å². The maximum atomic E-state index is 3.03. The summed E-state index contributed by atoms with van der Waals surface area (Å²) in [5.74, 6) is 0. The first kappa shape index (κ1) is 7.11. The van der Waals surface area contributed by atoms with E-state index in [1.165, 1.54) is 5.57 Å². The van der Waals surface area contributed by atoms with Crippen LogP contribution in [0.4, 0.5) is 0 Å². The van der Waals surface area contributed by atoms with Crippen molar-refractivity contribution in [1.82, 2.24) is 4.90 Å². The lowest BCUT2D eigenvalue weighted by Crippen LogP contribution is -2.13. The average molecular weight is 133 g/mol. The van der Waals surface area contributed by atoms with E-state index in [0.717, 1.165) is 6.54 Å². The van der Waals surface area contributed by atoms with Gasteiger partial charge in [-0.25, -0.2) is 0 Å². The Morgan fingerprint density at radius 2 is 2.30 bits per heavy atom. The van der Waals surface area contributed by atoms with Crippen molar-refractivity contribution in [2.75, 3.05) is 20.6 Å². The molecule has 52 valence electrons. The zero-order valence-electron chi connectivity index (χ0n) is 6.39. The smallest absolute Gasteiger partial charge is 0.0307 e. The summed E-state index contributed by atoms with van der Waals surface area (Å²) in [6.07, 6.45) is 5.89. The van der Waals surface area contributed by atoms with Gasteiger partial charge in [-0.3, -0.25) is 0 Å². The molecule has 0 radical (unpaired) electrons. The number of rotatable bonds is 2. The minimum Gasteiger partial charge on any atom is -0.304 e. The molecule has 0 unspecified atom stereocenters. The summed E-state index contributed by atoms with van der Waals surface area (Å²) in [5.41, 5.74) is 7.14. The summed E-state index contributed by atoms with van der Waals surface area (Å²) in [7, 11) is 4.08. The van der Waals surface area contributed by atoms with Crippen molar-refractivity contribution >= 4 is 0 Å². The normalized spacial score (nSPS) is 14.5. The van der Waals surface area contributed by atoms with Crippen molar-refractivity contribution < 1.29 is 0 Å². The van der Waals surface area contributed by atoms with E-state index in [1.54, 1.807) is 0 Å². The van der Waals surface area contributed by atoms with Crippen molar-refractivity contribution in [2.24, 2.45) is 0 Å². The molecular weight excluding hydrogens is 122 g/mol. The van der Waals surface area contributed by atoms with Crippen LogP contribution in [-0.2, 0) is 0 Å². The van der Waals surface area contributed by atoms with Crippen LogP contribution in [-0.4, -0.2) is 25.5 Å². The highest BCUT2D eigenvalue weighted by Gasteiger charge is 1.93. The zero-order valence-corrected chi connectivity index (χ0v) is 6.39. The fourth-order valence-corrected chi connectivity index (χ4v) is 0.821. The van der Waals surface area contributed by atoms with Crippen molar-refractivity contribution in [2.45, 2.75) is 0 Å². The highest BCUT2D eigenvalue weighted by Crippen LogP contribution is 1.98. The fraction of sp³-hybridized carbons (Fsp3) is 0.333. The molecule has 0 amide bonds. The van der Waals surface area contributed by atoms with Crippen molar-refractivity contribution in [1.29, 1.82) is 0 Å². The molecule has 0 aliphatic heterocycles. The average Bonchev–Trinajstić information content (AvgIpc) is 1.88. The minimum absolute atomic E-state index is 0.942. The third-order valence-electron chi connectivity index (χ3n) is 1.20. The lowest BCUT2D eigenvalue weighted by atomic mass is 10.2. The van der Waals surface area contributed by atoms with Gasteiger partial charge in [-0.15, -0.1) is 0 Å². The number of hydrogen-bond acceptors (Lipinski definition) is 1. The molecular formula is C9H11N. The first-order valence-electron chi connectivity index (χ1n) is 3.31. The molecule has 0 saturated heterocycles. The highest BCUT2D eigenvalue weighted by molar-refractivity contribution is 5.26. The van der Waals surface area contributed by atoms with Crippen molar-refractivity contribution in [3.05, 3.63) is 35.3 Å². The lowest BCUT2D eigenvalue weighted by Gasteiger charge is -2.07. The summed E-state index contributed by atoms with van der Waals surface area (Å²) >= 11 is 0. The number of nitrogens with zero attached hydrogens (tertiary/aromatic N) is 1. The Hall–Kier alpha value is -1.00. The van der Waals surface area contributed by atoms with E-state index in [0.29, 0.717) is 0 Å². The van der Waals surface area contributed by atoms with Crippen LogP contribution in [0, 0.1) is 0 Å². The second-order valence-corrected chi connectivity index (χ2v) is 2.56. The topological polar surface area (TPSA) is 3.24 Å². The maximum absolute atomic E-state index is 3.03. The van der Waals surface area contributed by atoms with Gasteiger partial charge in [0.1, 0.15) is 0 Å². The van der Waals surface area contributed by atoms with Gasteiger partial charge in [0, 0.05) is 12.1 Å². The van der Waals surface area contributed by atoms with Gasteiger partial charge >= 0.3 is 0 Å². The van der Waals surface area contributed by atoms with Crippen molar-refractivity contribution in [3.8, 4) is 0 Å². The Balaban J connectivity index is 2.65. The fourth-order valence-electron chi connectivity index (χ4n) is 0.821. The van der Waals surface area contributed by atoms with E-state index in [9.17, 15) is 0 Å². The van der Waals surface area contributed by atoms with Crippen molar-refractivity contribution in [3.63, 3.8) is 0 Å². The van der Waals surface area contributed by atoms with Gasteiger partial charge in [-0.05, 0) is 26.2 Å². The van der Waals surface area contributed by atoms with E-state index in [4.69, 9.17) is 0 Å². The molecule has 0 bridgehead atoms. The van der Waals surface area contributed by atoms with Gasteiger partial charge in [0.15, 0.2) is 0 Å². The third-order valence-corrected chi connectivity index (χ3v) is 1.20. The van der Waals surface area contributed by atoms with Gasteiger partial charge in [0.25, 0.3) is 0 Å². The molecule has 1 aliphatic rings. The van der Waals surface area contributed by atoms with Crippen LogP contribution >= 0.6 is 0 Å². The molecule has 1 nitrogen and oxygen atoms in total. The molecule has 1 rings (SSSR count). The predicted molar refractivity (Wildman–Crippen MR) is 42.8 cm³/mol. The first-order valence-corrected chi connectivity index (χ1v) is 3.31. The van der Waals surface area contributed by atoms with Crippen LogP contribution in [0.1, 0.15) is 0 Å². The Kier molecular flexibility index (Phi) is 2.30. The molecule has 0 saturated carbocycles. The molecule has 0 N–H and O–H groups in total. The zero-order chi connectivity index (χ0) is 7.40. The summed E-state index contributed by atoms with van der Waals surface area (Å²) in [6.45, 7) is 0.942. The lowest BCUT2D eigenvalue weighted by molar-refractivity contribution is 0.449. The molecule has 0 heterocycles. The van der Waals surface area contributed by atoms with Crippen LogP contribution in [0.2, 0.25) is 0 Å². The second-order valence-electron chi connectivity index (χ2n) is 2.56. The van der Waals surface area contributed by atoms with E-state index < -0.39 is 0 Å². The van der Waals surface area contributed by atoms with Gasteiger partial charge in [-0.2, -0.15) is 0 Å². The first-order chi connectivity index (χ1) is 4.79. The summed E-state index contributed by atoms with van der Waals surface area (Å²) in [5, 5.41) is 0. The number of allylic oxidation sites excluding steroid dienone is 2. The SMILES string of the molecule is CN(C)CC1=C=C=CC=C1. The molecule has 0 atom stereocenters. The largest absolute Gasteiger partial charge is 0.304 e. The summed E-state index contributed by atoms with van der Waals surface area (Å²) in [6, 6.07) is 0. The predicted octanol–water partition coefficient (Wildman–Crippen LogP) is 1.35. The molecule has 10 heavy (non-hydrogen) atoms.